The second-order valence-electron chi connectivity index (χ2n) is 4.16. The fraction of sp³-hybridized carbons (Fsp3) is 0.750. The molecule has 0 fully saturated rings. The lowest BCUT2D eigenvalue weighted by molar-refractivity contribution is 0.182. The number of nitrogens with one attached hydrogen (secondary N) is 1. The van der Waals surface area contributed by atoms with Gasteiger partial charge in [-0.3, -0.25) is 0 Å². The van der Waals surface area contributed by atoms with Gasteiger partial charge in [-0.1, -0.05) is 0 Å². The van der Waals surface area contributed by atoms with Crippen LogP contribution in [-0.2, 0) is 4.74 Å². The van der Waals surface area contributed by atoms with E-state index in [0.29, 0.717) is 12.1 Å². The molecule has 0 saturated heterocycles. The van der Waals surface area contributed by atoms with Gasteiger partial charge >= 0.3 is 0 Å². The van der Waals surface area contributed by atoms with Crippen LogP contribution in [0.25, 0.3) is 0 Å². The molecule has 0 aliphatic heterocycles. The number of rotatable bonds is 7. The molecule has 2 unspecified atom stereocenters. The van der Waals surface area contributed by atoms with E-state index in [2.05, 4.69) is 41.4 Å². The Morgan fingerprint density at radius 3 is 2.76 bits per heavy atom. The number of methoxy groups -OCH3 is 1. The maximum atomic E-state index is 5.21. The van der Waals surface area contributed by atoms with Crippen molar-refractivity contribution in [3.05, 3.63) is 11.1 Å². The second-order valence-corrected chi connectivity index (χ2v) is 4.99. The normalized spacial score (nSPS) is 14.6. The molecule has 5 heteroatoms. The molecule has 1 rings (SSSR count). The van der Waals surface area contributed by atoms with Gasteiger partial charge in [-0.2, -0.15) is 0 Å². The standard InChI is InChI=1S/C12H23N3OS/c1-6-15(9(2)7-16-5)12-14-11(8-17-12)10(3)13-4/h8-10,13H,6-7H2,1-5H3. The minimum absolute atomic E-state index is 0.302. The van der Waals surface area contributed by atoms with Gasteiger partial charge in [0.2, 0.25) is 0 Å². The maximum absolute atomic E-state index is 5.21. The molecule has 0 amide bonds. The summed E-state index contributed by atoms with van der Waals surface area (Å²) in [6, 6.07) is 0.658. The van der Waals surface area contributed by atoms with Crippen molar-refractivity contribution in [2.45, 2.75) is 32.9 Å². The van der Waals surface area contributed by atoms with E-state index in [0.717, 1.165) is 24.0 Å². The second kappa shape index (κ2) is 6.93. The first kappa shape index (κ1) is 14.4. The number of likely N-dealkylation sites (N-methyl/N-ethyl adjacent to an activating group) is 1. The van der Waals surface area contributed by atoms with Crippen molar-refractivity contribution in [1.82, 2.24) is 10.3 Å². The van der Waals surface area contributed by atoms with E-state index in [1.165, 1.54) is 0 Å². The van der Waals surface area contributed by atoms with Crippen LogP contribution >= 0.6 is 11.3 Å². The molecule has 0 aliphatic rings. The third-order valence-corrected chi connectivity index (χ3v) is 3.81. The molecule has 17 heavy (non-hydrogen) atoms. The highest BCUT2D eigenvalue weighted by molar-refractivity contribution is 7.13. The van der Waals surface area contributed by atoms with Crippen LogP contribution in [-0.4, -0.2) is 38.3 Å². The van der Waals surface area contributed by atoms with E-state index in [-0.39, 0.29) is 0 Å². The number of hydrogen-bond donors (Lipinski definition) is 1. The van der Waals surface area contributed by atoms with Gasteiger partial charge < -0.3 is 15.0 Å². The van der Waals surface area contributed by atoms with Gasteiger partial charge in [-0.25, -0.2) is 4.98 Å². The molecule has 4 nitrogen and oxygen atoms in total. The van der Waals surface area contributed by atoms with Crippen LogP contribution in [0.2, 0.25) is 0 Å². The number of ether oxygens (including phenoxy) is 1. The summed E-state index contributed by atoms with van der Waals surface area (Å²) < 4.78 is 5.21. The van der Waals surface area contributed by atoms with E-state index >= 15 is 0 Å². The molecular weight excluding hydrogens is 234 g/mol. The van der Waals surface area contributed by atoms with Gasteiger partial charge in [0.15, 0.2) is 5.13 Å². The lowest BCUT2D eigenvalue weighted by Crippen LogP contribution is -2.36. The molecule has 0 spiro atoms. The van der Waals surface area contributed by atoms with Crippen LogP contribution in [0.3, 0.4) is 0 Å². The van der Waals surface area contributed by atoms with E-state index in [4.69, 9.17) is 4.74 Å². The Hall–Kier alpha value is -0.650. The molecule has 1 heterocycles. The molecule has 0 aliphatic carbocycles. The van der Waals surface area contributed by atoms with Gasteiger partial charge in [0.05, 0.1) is 18.3 Å². The van der Waals surface area contributed by atoms with Crippen molar-refractivity contribution in [2.75, 3.05) is 32.2 Å². The Bertz CT molecular complexity index is 329. The number of aromatic nitrogens is 1. The zero-order valence-electron chi connectivity index (χ0n) is 11.4. The van der Waals surface area contributed by atoms with Crippen molar-refractivity contribution < 1.29 is 4.74 Å². The van der Waals surface area contributed by atoms with Crippen LogP contribution in [0.1, 0.15) is 32.5 Å². The summed E-state index contributed by atoms with van der Waals surface area (Å²) >= 11 is 1.70. The summed E-state index contributed by atoms with van der Waals surface area (Å²) in [6.45, 7) is 8.10. The van der Waals surface area contributed by atoms with Crippen LogP contribution in [0.15, 0.2) is 5.38 Å². The first-order valence-electron chi connectivity index (χ1n) is 6.02. The first-order chi connectivity index (χ1) is 8.13. The van der Waals surface area contributed by atoms with Gasteiger partial charge in [0.1, 0.15) is 0 Å². The third-order valence-electron chi connectivity index (χ3n) is 2.91. The van der Waals surface area contributed by atoms with Gasteiger partial charge in [0.25, 0.3) is 0 Å². The highest BCUT2D eigenvalue weighted by atomic mass is 32.1. The Labute approximate surface area is 108 Å². The zero-order valence-corrected chi connectivity index (χ0v) is 12.2. The molecular formula is C12H23N3OS. The lowest BCUT2D eigenvalue weighted by atomic mass is 10.3. The largest absolute Gasteiger partial charge is 0.383 e. The predicted octanol–water partition coefficient (Wildman–Crippen LogP) is 2.28. The number of thiazole rings is 1. The van der Waals surface area contributed by atoms with E-state index in [1.54, 1.807) is 18.4 Å². The molecule has 1 N–H and O–H groups in total. The van der Waals surface area contributed by atoms with Gasteiger partial charge in [0, 0.05) is 25.1 Å². The Balaban J connectivity index is 2.78. The minimum atomic E-state index is 0.302. The van der Waals surface area contributed by atoms with E-state index < -0.39 is 0 Å². The summed E-state index contributed by atoms with van der Waals surface area (Å²) in [6.07, 6.45) is 0. The van der Waals surface area contributed by atoms with Crippen LogP contribution in [0, 0.1) is 0 Å². The molecule has 98 valence electrons. The minimum Gasteiger partial charge on any atom is -0.383 e. The van der Waals surface area contributed by atoms with Crippen LogP contribution < -0.4 is 10.2 Å². The predicted molar refractivity (Wildman–Crippen MR) is 73.9 cm³/mol. The summed E-state index contributed by atoms with van der Waals surface area (Å²) in [5.74, 6) is 0. The number of anilines is 1. The Morgan fingerprint density at radius 1 is 1.53 bits per heavy atom. The SMILES string of the molecule is CCN(c1nc(C(C)NC)cs1)C(C)COC. The van der Waals surface area contributed by atoms with Crippen molar-refractivity contribution in [2.24, 2.45) is 0 Å². The third kappa shape index (κ3) is 3.66. The molecule has 0 radical (unpaired) electrons. The van der Waals surface area contributed by atoms with Crippen molar-refractivity contribution in [3.63, 3.8) is 0 Å². The summed E-state index contributed by atoms with van der Waals surface area (Å²) in [5.41, 5.74) is 1.11. The molecule has 1 aromatic rings. The number of nitrogens with zero attached hydrogens (tertiary/aromatic N) is 2. The summed E-state index contributed by atoms with van der Waals surface area (Å²) in [4.78, 5) is 6.96. The fourth-order valence-corrected chi connectivity index (χ4v) is 2.81. The van der Waals surface area contributed by atoms with Gasteiger partial charge in [-0.15, -0.1) is 11.3 Å². The molecule has 1 aromatic heterocycles. The van der Waals surface area contributed by atoms with Crippen LogP contribution in [0.5, 0.6) is 0 Å². The Kier molecular flexibility index (Phi) is 5.88. The highest BCUT2D eigenvalue weighted by Crippen LogP contribution is 2.25. The van der Waals surface area contributed by atoms with Gasteiger partial charge in [-0.05, 0) is 27.8 Å². The fourth-order valence-electron chi connectivity index (χ4n) is 1.72. The molecule has 0 aromatic carbocycles. The molecule has 0 bridgehead atoms. The smallest absolute Gasteiger partial charge is 0.185 e. The monoisotopic (exact) mass is 257 g/mol. The summed E-state index contributed by atoms with van der Waals surface area (Å²) in [7, 11) is 3.69. The maximum Gasteiger partial charge on any atom is 0.185 e. The Morgan fingerprint density at radius 2 is 2.24 bits per heavy atom. The lowest BCUT2D eigenvalue weighted by Gasteiger charge is -2.26. The van der Waals surface area contributed by atoms with Crippen molar-refractivity contribution >= 4 is 16.5 Å². The number of hydrogen-bond acceptors (Lipinski definition) is 5. The molecule has 2 atom stereocenters. The zero-order chi connectivity index (χ0) is 12.8. The quantitative estimate of drug-likeness (QED) is 0.813. The topological polar surface area (TPSA) is 37.4 Å². The highest BCUT2D eigenvalue weighted by Gasteiger charge is 2.17. The average Bonchev–Trinajstić information content (AvgIpc) is 2.79. The van der Waals surface area contributed by atoms with Crippen molar-refractivity contribution in [3.8, 4) is 0 Å². The first-order valence-corrected chi connectivity index (χ1v) is 6.90. The summed E-state index contributed by atoms with van der Waals surface area (Å²) in [5, 5.41) is 6.41. The van der Waals surface area contributed by atoms with Crippen LogP contribution in [0.4, 0.5) is 5.13 Å². The van der Waals surface area contributed by atoms with E-state index in [1.807, 2.05) is 7.05 Å². The van der Waals surface area contributed by atoms with E-state index in [9.17, 15) is 0 Å². The van der Waals surface area contributed by atoms with Crippen molar-refractivity contribution in [1.29, 1.82) is 0 Å². The average molecular weight is 257 g/mol. The molecule has 0 saturated carbocycles.